The molecule has 1 saturated carbocycles. The Morgan fingerprint density at radius 2 is 2.05 bits per heavy atom. The van der Waals surface area contributed by atoms with Crippen molar-refractivity contribution >= 4 is 0 Å². The molecular formula is C16H29N3O2. The van der Waals surface area contributed by atoms with E-state index in [-0.39, 0.29) is 6.04 Å². The van der Waals surface area contributed by atoms with E-state index >= 15 is 0 Å². The van der Waals surface area contributed by atoms with Gasteiger partial charge in [-0.1, -0.05) is 25.4 Å². The molecule has 1 aromatic rings. The van der Waals surface area contributed by atoms with Crippen molar-refractivity contribution in [1.82, 2.24) is 15.5 Å². The van der Waals surface area contributed by atoms with Gasteiger partial charge in [0.15, 0.2) is 5.82 Å². The lowest BCUT2D eigenvalue weighted by atomic mass is 9.80. The number of rotatable bonds is 8. The molecule has 1 heterocycles. The summed E-state index contributed by atoms with van der Waals surface area (Å²) in [6, 6.07) is 0.240. The van der Waals surface area contributed by atoms with Gasteiger partial charge in [0, 0.05) is 25.5 Å². The van der Waals surface area contributed by atoms with Crippen molar-refractivity contribution in [2.75, 3.05) is 20.3 Å². The monoisotopic (exact) mass is 295 g/mol. The van der Waals surface area contributed by atoms with Crippen molar-refractivity contribution in [3.8, 4) is 0 Å². The summed E-state index contributed by atoms with van der Waals surface area (Å²) in [7, 11) is 1.72. The molecule has 0 bridgehead atoms. The van der Waals surface area contributed by atoms with Gasteiger partial charge in [0.1, 0.15) is 0 Å². The minimum absolute atomic E-state index is 0.240. The molecule has 1 aliphatic rings. The second kappa shape index (κ2) is 8.49. The quantitative estimate of drug-likeness (QED) is 0.799. The Balaban J connectivity index is 1.88. The SMILES string of the molecule is CCNC(COC)Cc1nc(C2CCC(CC)CC2)no1. The zero-order valence-electron chi connectivity index (χ0n) is 13.6. The summed E-state index contributed by atoms with van der Waals surface area (Å²) in [5.41, 5.74) is 0. The van der Waals surface area contributed by atoms with Crippen LogP contribution in [0.5, 0.6) is 0 Å². The van der Waals surface area contributed by atoms with Crippen molar-refractivity contribution in [1.29, 1.82) is 0 Å². The summed E-state index contributed by atoms with van der Waals surface area (Å²) >= 11 is 0. The average molecular weight is 295 g/mol. The second-order valence-corrected chi connectivity index (χ2v) is 6.09. The highest BCUT2D eigenvalue weighted by molar-refractivity contribution is 4.98. The van der Waals surface area contributed by atoms with Crippen molar-refractivity contribution in [2.45, 2.75) is 64.3 Å². The van der Waals surface area contributed by atoms with Crippen LogP contribution in [0.25, 0.3) is 0 Å². The minimum atomic E-state index is 0.240. The van der Waals surface area contributed by atoms with Crippen molar-refractivity contribution in [3.63, 3.8) is 0 Å². The standard InChI is InChI=1S/C16H29N3O2/c1-4-12-6-8-13(9-7-12)16-18-15(21-19-16)10-14(11-20-3)17-5-2/h12-14,17H,4-11H2,1-3H3. The first-order valence-corrected chi connectivity index (χ1v) is 8.31. The minimum Gasteiger partial charge on any atom is -0.383 e. The van der Waals surface area contributed by atoms with Gasteiger partial charge in [-0.25, -0.2) is 0 Å². The largest absolute Gasteiger partial charge is 0.383 e. The Bertz CT molecular complexity index is 394. The fourth-order valence-electron chi connectivity index (χ4n) is 3.24. The predicted molar refractivity (Wildman–Crippen MR) is 82.3 cm³/mol. The Hall–Kier alpha value is -0.940. The van der Waals surface area contributed by atoms with E-state index in [4.69, 9.17) is 9.26 Å². The molecule has 5 nitrogen and oxygen atoms in total. The molecule has 0 spiro atoms. The molecule has 21 heavy (non-hydrogen) atoms. The third-order valence-corrected chi connectivity index (χ3v) is 4.55. The van der Waals surface area contributed by atoms with Crippen LogP contribution in [0.1, 0.15) is 63.6 Å². The molecule has 1 unspecified atom stereocenters. The Morgan fingerprint density at radius 1 is 1.29 bits per heavy atom. The van der Waals surface area contributed by atoms with Crippen LogP contribution in [0.2, 0.25) is 0 Å². The van der Waals surface area contributed by atoms with Crippen LogP contribution in [-0.2, 0) is 11.2 Å². The highest BCUT2D eigenvalue weighted by Gasteiger charge is 2.25. The zero-order valence-corrected chi connectivity index (χ0v) is 13.6. The molecule has 5 heteroatoms. The highest BCUT2D eigenvalue weighted by Crippen LogP contribution is 2.35. The molecular weight excluding hydrogens is 266 g/mol. The summed E-state index contributed by atoms with van der Waals surface area (Å²) in [4.78, 5) is 4.62. The van der Waals surface area contributed by atoms with E-state index in [1.54, 1.807) is 7.11 Å². The lowest BCUT2D eigenvalue weighted by molar-refractivity contribution is 0.162. The van der Waals surface area contributed by atoms with Gasteiger partial charge in [-0.15, -0.1) is 0 Å². The number of hydrogen-bond donors (Lipinski definition) is 1. The van der Waals surface area contributed by atoms with Gasteiger partial charge < -0.3 is 14.6 Å². The number of ether oxygens (including phenoxy) is 1. The molecule has 1 aromatic heterocycles. The molecule has 2 rings (SSSR count). The summed E-state index contributed by atoms with van der Waals surface area (Å²) < 4.78 is 10.7. The van der Waals surface area contributed by atoms with Crippen molar-refractivity contribution < 1.29 is 9.26 Å². The average Bonchev–Trinajstić information content (AvgIpc) is 2.96. The maximum Gasteiger partial charge on any atom is 0.228 e. The Labute approximate surface area is 127 Å². The van der Waals surface area contributed by atoms with Crippen LogP contribution < -0.4 is 5.32 Å². The van der Waals surface area contributed by atoms with Gasteiger partial charge in [-0.3, -0.25) is 0 Å². The molecule has 0 radical (unpaired) electrons. The highest BCUT2D eigenvalue weighted by atomic mass is 16.5. The lowest BCUT2D eigenvalue weighted by Crippen LogP contribution is -2.35. The third-order valence-electron chi connectivity index (χ3n) is 4.55. The van der Waals surface area contributed by atoms with Gasteiger partial charge in [-0.2, -0.15) is 4.98 Å². The first-order valence-electron chi connectivity index (χ1n) is 8.31. The third kappa shape index (κ3) is 4.78. The maximum atomic E-state index is 5.44. The van der Waals surface area contributed by atoms with Crippen LogP contribution in [-0.4, -0.2) is 36.4 Å². The first kappa shape index (κ1) is 16.4. The smallest absolute Gasteiger partial charge is 0.228 e. The van der Waals surface area contributed by atoms with Crippen molar-refractivity contribution in [3.05, 3.63) is 11.7 Å². The van der Waals surface area contributed by atoms with Gasteiger partial charge in [-0.05, 0) is 38.1 Å². The second-order valence-electron chi connectivity index (χ2n) is 6.09. The van der Waals surface area contributed by atoms with Crippen LogP contribution >= 0.6 is 0 Å². The summed E-state index contributed by atoms with van der Waals surface area (Å²) in [6.07, 6.45) is 7.03. The predicted octanol–water partition coefficient (Wildman–Crippen LogP) is 2.92. The van der Waals surface area contributed by atoms with E-state index in [2.05, 4.69) is 29.3 Å². The fraction of sp³-hybridized carbons (Fsp3) is 0.875. The van der Waals surface area contributed by atoms with E-state index < -0.39 is 0 Å². The van der Waals surface area contributed by atoms with Crippen LogP contribution in [0, 0.1) is 5.92 Å². The van der Waals surface area contributed by atoms with Crippen LogP contribution in [0.15, 0.2) is 4.52 Å². The number of aromatic nitrogens is 2. The molecule has 120 valence electrons. The zero-order chi connectivity index (χ0) is 15.1. The first-order chi connectivity index (χ1) is 10.3. The molecule has 0 amide bonds. The Kier molecular flexibility index (Phi) is 6.64. The molecule has 0 aromatic carbocycles. The summed E-state index contributed by atoms with van der Waals surface area (Å²) in [5, 5.41) is 7.59. The number of nitrogens with one attached hydrogen (secondary N) is 1. The van der Waals surface area contributed by atoms with E-state index in [0.717, 1.165) is 30.6 Å². The van der Waals surface area contributed by atoms with Gasteiger partial charge in [0.2, 0.25) is 5.89 Å². The molecule has 1 fully saturated rings. The molecule has 0 aliphatic heterocycles. The van der Waals surface area contributed by atoms with Crippen LogP contribution in [0.4, 0.5) is 0 Å². The molecule has 1 atom stereocenters. The molecule has 1 aliphatic carbocycles. The van der Waals surface area contributed by atoms with E-state index in [1.165, 1.54) is 32.1 Å². The van der Waals surface area contributed by atoms with Gasteiger partial charge >= 0.3 is 0 Å². The fourth-order valence-corrected chi connectivity index (χ4v) is 3.24. The maximum absolute atomic E-state index is 5.44. The van der Waals surface area contributed by atoms with Crippen LogP contribution in [0.3, 0.4) is 0 Å². The molecule has 0 saturated heterocycles. The van der Waals surface area contributed by atoms with Gasteiger partial charge in [0.25, 0.3) is 0 Å². The lowest BCUT2D eigenvalue weighted by Gasteiger charge is -2.25. The normalized spacial score (nSPS) is 24.1. The Morgan fingerprint density at radius 3 is 2.67 bits per heavy atom. The number of nitrogens with zero attached hydrogens (tertiary/aromatic N) is 2. The van der Waals surface area contributed by atoms with E-state index in [9.17, 15) is 0 Å². The van der Waals surface area contributed by atoms with Gasteiger partial charge in [0.05, 0.1) is 6.61 Å². The van der Waals surface area contributed by atoms with Crippen molar-refractivity contribution in [2.24, 2.45) is 5.92 Å². The summed E-state index contributed by atoms with van der Waals surface area (Å²) in [6.45, 7) is 5.95. The number of likely N-dealkylation sites (N-methyl/N-ethyl adjacent to an activating group) is 1. The van der Waals surface area contributed by atoms with E-state index in [0.29, 0.717) is 12.5 Å². The topological polar surface area (TPSA) is 60.2 Å². The number of hydrogen-bond acceptors (Lipinski definition) is 5. The summed E-state index contributed by atoms with van der Waals surface area (Å²) in [5.74, 6) is 3.02. The number of methoxy groups -OCH3 is 1. The molecule has 1 N–H and O–H groups in total. The van der Waals surface area contributed by atoms with E-state index in [1.807, 2.05) is 0 Å².